The van der Waals surface area contributed by atoms with E-state index in [1.165, 1.54) is 25.0 Å². The Labute approximate surface area is 212 Å². The van der Waals surface area contributed by atoms with Crippen molar-refractivity contribution in [3.8, 4) is 11.8 Å². The zero-order valence-corrected chi connectivity index (χ0v) is 19.8. The van der Waals surface area contributed by atoms with E-state index < -0.39 is 48.2 Å². The van der Waals surface area contributed by atoms with E-state index in [4.69, 9.17) is 10.5 Å². The largest absolute Gasteiger partial charge is 0.433 e. The van der Waals surface area contributed by atoms with Crippen LogP contribution in [-0.4, -0.2) is 90.4 Å². The molecule has 1 aliphatic heterocycles. The van der Waals surface area contributed by atoms with Crippen molar-refractivity contribution in [1.29, 1.82) is 0 Å². The van der Waals surface area contributed by atoms with Gasteiger partial charge in [-0.2, -0.15) is 13.2 Å². The van der Waals surface area contributed by atoms with Gasteiger partial charge in [0.25, 0.3) is 11.8 Å². The van der Waals surface area contributed by atoms with Gasteiger partial charge in [-0.05, 0) is 18.1 Å². The number of nitrogens with two attached hydrogens (primary N) is 1. The lowest BCUT2D eigenvalue weighted by atomic mass is 10.1. The number of imidazole rings is 1. The number of hydrogen-bond acceptors (Lipinski definition) is 10. The lowest BCUT2D eigenvalue weighted by Gasteiger charge is -2.16. The van der Waals surface area contributed by atoms with Gasteiger partial charge in [0.1, 0.15) is 23.4 Å². The van der Waals surface area contributed by atoms with Crippen LogP contribution in [0.25, 0.3) is 11.2 Å². The first-order valence-electron chi connectivity index (χ1n) is 10.9. The molecule has 1 fully saturated rings. The number of aromatic nitrogens is 5. The molecule has 1 unspecified atom stereocenters. The number of carbonyl (C=O) groups excluding carboxylic acids is 2. The van der Waals surface area contributed by atoms with Gasteiger partial charge in [-0.1, -0.05) is 5.92 Å². The number of carbonyl (C=O) groups is 2. The fourth-order valence-electron chi connectivity index (χ4n) is 3.65. The number of aliphatic hydroxyl groups is 2. The van der Waals surface area contributed by atoms with E-state index in [1.54, 1.807) is 0 Å². The van der Waals surface area contributed by atoms with Gasteiger partial charge >= 0.3 is 6.18 Å². The minimum absolute atomic E-state index is 0.0470. The second-order valence-electron chi connectivity index (χ2n) is 8.19. The zero-order chi connectivity index (χ0) is 27.8. The number of halogens is 3. The summed E-state index contributed by atoms with van der Waals surface area (Å²) in [5, 5.41) is 23.0. The highest BCUT2D eigenvalue weighted by Crippen LogP contribution is 2.32. The molecule has 3 aromatic rings. The molecule has 13 nitrogen and oxygen atoms in total. The number of alkyl halides is 3. The first-order valence-corrected chi connectivity index (χ1v) is 10.9. The van der Waals surface area contributed by atoms with Crippen molar-refractivity contribution >= 4 is 28.8 Å². The molecule has 0 radical (unpaired) electrons. The van der Waals surface area contributed by atoms with Gasteiger partial charge in [0, 0.05) is 20.3 Å². The molecule has 0 aliphatic carbocycles. The average Bonchev–Trinajstić information content (AvgIpc) is 3.43. The number of ether oxygens (including phenoxy) is 1. The van der Waals surface area contributed by atoms with Crippen LogP contribution in [0.5, 0.6) is 0 Å². The predicted molar refractivity (Wildman–Crippen MR) is 123 cm³/mol. The summed E-state index contributed by atoms with van der Waals surface area (Å²) in [4.78, 5) is 41.3. The van der Waals surface area contributed by atoms with Crippen molar-refractivity contribution in [2.24, 2.45) is 0 Å². The van der Waals surface area contributed by atoms with E-state index in [0.717, 1.165) is 17.2 Å². The smallest absolute Gasteiger partial charge is 0.387 e. The third kappa shape index (κ3) is 5.07. The maximum absolute atomic E-state index is 12.7. The number of anilines is 1. The fourth-order valence-corrected chi connectivity index (χ4v) is 3.65. The highest BCUT2D eigenvalue weighted by Gasteiger charge is 2.47. The van der Waals surface area contributed by atoms with Gasteiger partial charge in [0.05, 0.1) is 18.4 Å². The molecule has 2 amide bonds. The summed E-state index contributed by atoms with van der Waals surface area (Å²) in [5.74, 6) is 3.97. The molecule has 16 heteroatoms. The number of nitrogens with zero attached hydrogens (tertiary/aromatic N) is 6. The van der Waals surface area contributed by atoms with Crippen LogP contribution >= 0.6 is 0 Å². The summed E-state index contributed by atoms with van der Waals surface area (Å²) < 4.78 is 44.8. The summed E-state index contributed by atoms with van der Waals surface area (Å²) in [5.41, 5.74) is 5.06. The number of pyridine rings is 1. The van der Waals surface area contributed by atoms with Gasteiger partial charge in [-0.15, -0.1) is 0 Å². The Bertz CT molecular complexity index is 1430. The molecular formula is C22H21F3N8O5. The van der Waals surface area contributed by atoms with Gasteiger partial charge in [-0.3, -0.25) is 19.1 Å². The standard InChI is InChI=1S/C22H21F3N8O5/c1-27-19(36)16-14(34)15(35)21(38-16)33-9-29-13-17(26)30-12(31-18(13)33)4-3-7-32(2)20(37)10-5-6-11(28-8-10)22(23,24)25/h5-6,8-9,14-16,21,34-35H,7H2,1-2H3,(H,27,36)(H2,26,30,31)/t14?,15-,16+,21-/m1/s1. The summed E-state index contributed by atoms with van der Waals surface area (Å²) in [6, 6.07) is 1.73. The Morgan fingerprint density at radius 2 is 1.97 bits per heavy atom. The molecular weight excluding hydrogens is 513 g/mol. The van der Waals surface area contributed by atoms with Crippen molar-refractivity contribution in [3.05, 3.63) is 41.7 Å². The van der Waals surface area contributed by atoms with Crippen LogP contribution in [-0.2, 0) is 15.7 Å². The quantitative estimate of drug-likeness (QED) is 0.313. The normalized spacial score (nSPS) is 21.1. The number of nitrogen functional groups attached to an aromatic ring is 1. The van der Waals surface area contributed by atoms with E-state index in [0.29, 0.717) is 6.07 Å². The van der Waals surface area contributed by atoms with Crippen molar-refractivity contribution in [1.82, 2.24) is 34.7 Å². The third-order valence-electron chi connectivity index (χ3n) is 5.63. The number of nitrogens with one attached hydrogen (secondary N) is 1. The van der Waals surface area contributed by atoms with Crippen molar-refractivity contribution in [3.63, 3.8) is 0 Å². The number of fused-ring (bicyclic) bond motifs is 1. The Kier molecular flexibility index (Phi) is 7.18. The molecule has 3 aromatic heterocycles. The topological polar surface area (TPSA) is 182 Å². The van der Waals surface area contributed by atoms with Crippen LogP contribution in [0.3, 0.4) is 0 Å². The van der Waals surface area contributed by atoms with Crippen LogP contribution in [0.2, 0.25) is 0 Å². The van der Waals surface area contributed by atoms with Crippen LogP contribution in [0.15, 0.2) is 24.7 Å². The molecule has 200 valence electrons. The lowest BCUT2D eigenvalue weighted by molar-refractivity contribution is -0.141. The van der Waals surface area contributed by atoms with Crippen LogP contribution < -0.4 is 11.1 Å². The first kappa shape index (κ1) is 26.7. The van der Waals surface area contributed by atoms with Crippen LogP contribution in [0.4, 0.5) is 19.0 Å². The van der Waals surface area contributed by atoms with E-state index >= 15 is 0 Å². The van der Waals surface area contributed by atoms with Crippen LogP contribution in [0.1, 0.15) is 28.1 Å². The molecule has 0 aromatic carbocycles. The molecule has 5 N–H and O–H groups in total. The Morgan fingerprint density at radius 1 is 1.24 bits per heavy atom. The zero-order valence-electron chi connectivity index (χ0n) is 19.8. The maximum Gasteiger partial charge on any atom is 0.433 e. The average molecular weight is 534 g/mol. The molecule has 38 heavy (non-hydrogen) atoms. The molecule has 0 bridgehead atoms. The Balaban J connectivity index is 1.52. The number of likely N-dealkylation sites (N-methyl/N-ethyl adjacent to an activating group) is 1. The number of aliphatic hydroxyl groups excluding tert-OH is 2. The molecule has 4 heterocycles. The molecule has 0 saturated carbocycles. The van der Waals surface area contributed by atoms with E-state index in [9.17, 15) is 33.0 Å². The van der Waals surface area contributed by atoms with Crippen LogP contribution in [0, 0.1) is 11.8 Å². The van der Waals surface area contributed by atoms with Gasteiger partial charge in [0.2, 0.25) is 5.82 Å². The first-order chi connectivity index (χ1) is 17.9. The second kappa shape index (κ2) is 10.2. The second-order valence-corrected chi connectivity index (χ2v) is 8.19. The van der Waals surface area contributed by atoms with Crippen molar-refractivity contribution in [2.75, 3.05) is 26.4 Å². The van der Waals surface area contributed by atoms with Gasteiger partial charge in [0.15, 0.2) is 23.8 Å². The number of hydrogen-bond donors (Lipinski definition) is 4. The third-order valence-corrected chi connectivity index (χ3v) is 5.63. The van der Waals surface area contributed by atoms with E-state index in [2.05, 4.69) is 37.1 Å². The fraction of sp³-hybridized carbons (Fsp3) is 0.364. The number of amides is 2. The molecule has 4 rings (SSSR count). The minimum atomic E-state index is -4.62. The summed E-state index contributed by atoms with van der Waals surface area (Å²) in [6.07, 6.45) is -8.07. The van der Waals surface area contributed by atoms with Crippen molar-refractivity contribution in [2.45, 2.75) is 30.7 Å². The molecule has 1 saturated heterocycles. The lowest BCUT2D eigenvalue weighted by Crippen LogP contribution is -2.41. The summed E-state index contributed by atoms with van der Waals surface area (Å²) in [7, 11) is 2.75. The van der Waals surface area contributed by atoms with E-state index in [1.807, 2.05) is 0 Å². The molecule has 4 atom stereocenters. The predicted octanol–water partition coefficient (Wildman–Crippen LogP) is -0.689. The maximum atomic E-state index is 12.7. The molecule has 1 aliphatic rings. The Hall–Kier alpha value is -4.33. The number of rotatable bonds is 4. The monoisotopic (exact) mass is 534 g/mol. The Morgan fingerprint density at radius 3 is 2.61 bits per heavy atom. The van der Waals surface area contributed by atoms with E-state index in [-0.39, 0.29) is 34.9 Å². The SMILES string of the molecule is CNC(=O)[C@H]1O[C@@H](n2cnc3c(N)nc(C#CCN(C)C(=O)c4ccc(C(F)(F)F)nc4)nc32)[C@H](O)C1O. The van der Waals surface area contributed by atoms with Gasteiger partial charge < -0.3 is 30.9 Å². The molecule has 0 spiro atoms. The minimum Gasteiger partial charge on any atom is -0.387 e. The highest BCUT2D eigenvalue weighted by atomic mass is 19.4. The van der Waals surface area contributed by atoms with Gasteiger partial charge in [-0.25, -0.2) is 15.0 Å². The summed E-state index contributed by atoms with van der Waals surface area (Å²) in [6.45, 7) is -0.134. The summed E-state index contributed by atoms with van der Waals surface area (Å²) >= 11 is 0. The van der Waals surface area contributed by atoms with Crippen molar-refractivity contribution < 1.29 is 37.7 Å². The highest BCUT2D eigenvalue weighted by molar-refractivity contribution is 5.94.